The molecule has 2 rings (SSSR count). The van der Waals surface area contributed by atoms with Crippen molar-refractivity contribution in [1.29, 1.82) is 0 Å². The second kappa shape index (κ2) is 10.7. The van der Waals surface area contributed by atoms with Gasteiger partial charge < -0.3 is 25.4 Å². The van der Waals surface area contributed by atoms with Gasteiger partial charge in [0.1, 0.15) is 0 Å². The van der Waals surface area contributed by atoms with Gasteiger partial charge in [-0.2, -0.15) is 0 Å². The van der Waals surface area contributed by atoms with Crippen LogP contribution in [-0.2, 0) is 0 Å². The minimum atomic E-state index is 0. The summed E-state index contributed by atoms with van der Waals surface area (Å²) in [6.45, 7) is 1.52. The van der Waals surface area contributed by atoms with E-state index in [1.165, 1.54) is 19.3 Å². The van der Waals surface area contributed by atoms with Crippen LogP contribution in [0, 0.1) is 5.92 Å². The lowest BCUT2D eigenvalue weighted by Gasteiger charge is -2.26. The Labute approximate surface area is 168 Å². The fraction of sp³-hybridized carbons (Fsp3) is 0.611. The lowest BCUT2D eigenvalue weighted by Crippen LogP contribution is -2.38. The van der Waals surface area contributed by atoms with Crippen molar-refractivity contribution in [2.24, 2.45) is 16.6 Å². The number of halogens is 1. The summed E-state index contributed by atoms with van der Waals surface area (Å²) in [7, 11) is 7.36. The predicted molar refractivity (Wildman–Crippen MR) is 113 cm³/mol. The van der Waals surface area contributed by atoms with E-state index < -0.39 is 0 Å². The van der Waals surface area contributed by atoms with E-state index in [0.717, 1.165) is 29.5 Å². The van der Waals surface area contributed by atoms with Crippen LogP contribution in [0.2, 0.25) is 0 Å². The molecule has 0 spiro atoms. The summed E-state index contributed by atoms with van der Waals surface area (Å²) in [5.41, 5.74) is 7.12. The Morgan fingerprint density at radius 1 is 1.28 bits per heavy atom. The van der Waals surface area contributed by atoms with Crippen molar-refractivity contribution in [3.05, 3.63) is 23.8 Å². The largest absolute Gasteiger partial charge is 0.493 e. The molecule has 3 N–H and O–H groups in total. The average Bonchev–Trinajstić information content (AvgIpc) is 2.53. The van der Waals surface area contributed by atoms with Crippen molar-refractivity contribution in [2.75, 3.05) is 41.4 Å². The Balaban J connectivity index is 0.00000312. The van der Waals surface area contributed by atoms with Crippen molar-refractivity contribution in [2.45, 2.75) is 25.3 Å². The number of likely N-dealkylation sites (N-methyl/N-ethyl adjacent to an activating group) is 1. The molecule has 1 aromatic carbocycles. The maximum Gasteiger partial charge on any atom is 0.188 e. The zero-order valence-corrected chi connectivity index (χ0v) is 17.9. The lowest BCUT2D eigenvalue weighted by atomic mass is 9.85. The Hall–Kier alpha value is -1.22. The van der Waals surface area contributed by atoms with Gasteiger partial charge in [-0.05, 0) is 50.6 Å². The van der Waals surface area contributed by atoms with E-state index in [1.54, 1.807) is 14.2 Å². The molecule has 0 saturated heterocycles. The van der Waals surface area contributed by atoms with Gasteiger partial charge in [-0.3, -0.25) is 4.99 Å². The molecular weight excluding hydrogens is 431 g/mol. The second-order valence-corrected chi connectivity index (χ2v) is 6.50. The second-order valence-electron chi connectivity index (χ2n) is 6.50. The zero-order chi connectivity index (χ0) is 17.5. The van der Waals surface area contributed by atoms with E-state index in [1.807, 2.05) is 32.3 Å². The number of hydrogen-bond donors (Lipinski definition) is 2. The molecular formula is C18H31IN4O2. The van der Waals surface area contributed by atoms with Crippen molar-refractivity contribution >= 4 is 29.9 Å². The third kappa shape index (κ3) is 6.22. The Morgan fingerprint density at radius 2 is 1.96 bits per heavy atom. The molecule has 1 fully saturated rings. The maximum atomic E-state index is 6.00. The van der Waals surface area contributed by atoms with Gasteiger partial charge in [-0.25, -0.2) is 0 Å². The Bertz CT molecular complexity index is 562. The summed E-state index contributed by atoms with van der Waals surface area (Å²) < 4.78 is 10.7. The highest BCUT2D eigenvalue weighted by Crippen LogP contribution is 2.31. The molecule has 1 saturated carbocycles. The Kier molecular flexibility index (Phi) is 9.34. The van der Waals surface area contributed by atoms with E-state index in [2.05, 4.69) is 15.2 Å². The first kappa shape index (κ1) is 21.8. The summed E-state index contributed by atoms with van der Waals surface area (Å²) in [4.78, 5) is 6.65. The van der Waals surface area contributed by atoms with Crippen LogP contribution in [0.15, 0.2) is 23.2 Å². The van der Waals surface area contributed by atoms with Gasteiger partial charge in [0.2, 0.25) is 0 Å². The topological polar surface area (TPSA) is 72.1 Å². The summed E-state index contributed by atoms with van der Waals surface area (Å²) in [6.07, 6.45) is 3.93. The SMILES string of the molecule is COc1ccc(C(CN=C(N)NCC2CCC2)N(C)C)cc1OC.I. The van der Waals surface area contributed by atoms with Crippen LogP contribution < -0.4 is 20.5 Å². The van der Waals surface area contributed by atoms with E-state index in [9.17, 15) is 0 Å². The van der Waals surface area contributed by atoms with E-state index in [4.69, 9.17) is 15.2 Å². The number of nitrogens with one attached hydrogen (secondary N) is 1. The van der Waals surface area contributed by atoms with Crippen LogP contribution in [0.3, 0.4) is 0 Å². The fourth-order valence-electron chi connectivity index (χ4n) is 2.81. The summed E-state index contributed by atoms with van der Waals surface area (Å²) >= 11 is 0. The van der Waals surface area contributed by atoms with Gasteiger partial charge in [0, 0.05) is 6.54 Å². The van der Waals surface area contributed by atoms with Crippen molar-refractivity contribution in [1.82, 2.24) is 10.2 Å². The van der Waals surface area contributed by atoms with Crippen LogP contribution in [-0.4, -0.2) is 52.3 Å². The molecule has 0 heterocycles. The van der Waals surface area contributed by atoms with Gasteiger partial charge in [-0.15, -0.1) is 24.0 Å². The number of aliphatic imine (C=N–C) groups is 1. The first-order valence-electron chi connectivity index (χ1n) is 8.47. The van der Waals surface area contributed by atoms with Crippen molar-refractivity contribution < 1.29 is 9.47 Å². The molecule has 1 aliphatic rings. The molecule has 6 nitrogen and oxygen atoms in total. The average molecular weight is 462 g/mol. The predicted octanol–water partition coefficient (Wildman–Crippen LogP) is 2.63. The number of hydrogen-bond acceptors (Lipinski definition) is 4. The highest BCUT2D eigenvalue weighted by molar-refractivity contribution is 14.0. The van der Waals surface area contributed by atoms with Crippen LogP contribution in [0.4, 0.5) is 0 Å². The molecule has 1 aromatic rings. The molecule has 7 heteroatoms. The van der Waals surface area contributed by atoms with Gasteiger partial charge in [0.25, 0.3) is 0 Å². The Morgan fingerprint density at radius 3 is 2.48 bits per heavy atom. The molecule has 1 unspecified atom stereocenters. The summed E-state index contributed by atoms with van der Waals surface area (Å²) in [6, 6.07) is 6.08. The number of nitrogens with two attached hydrogens (primary N) is 1. The van der Waals surface area contributed by atoms with E-state index >= 15 is 0 Å². The minimum Gasteiger partial charge on any atom is -0.493 e. The number of ether oxygens (including phenoxy) is 2. The number of methoxy groups -OCH3 is 2. The number of guanidine groups is 1. The number of rotatable bonds is 8. The fourth-order valence-corrected chi connectivity index (χ4v) is 2.81. The first-order valence-corrected chi connectivity index (χ1v) is 8.47. The molecule has 25 heavy (non-hydrogen) atoms. The van der Waals surface area contributed by atoms with Gasteiger partial charge in [0.05, 0.1) is 26.8 Å². The zero-order valence-electron chi connectivity index (χ0n) is 15.6. The number of nitrogens with zero attached hydrogens (tertiary/aromatic N) is 2. The molecule has 1 aliphatic carbocycles. The highest BCUT2D eigenvalue weighted by Gasteiger charge is 2.18. The molecule has 1 atom stereocenters. The van der Waals surface area contributed by atoms with Crippen LogP contribution in [0.1, 0.15) is 30.9 Å². The highest BCUT2D eigenvalue weighted by atomic mass is 127. The molecule has 0 bridgehead atoms. The summed E-state index contributed by atoms with van der Waals surface area (Å²) in [5, 5.41) is 3.24. The normalized spacial score (nSPS) is 16.0. The standard InChI is InChI=1S/C18H30N4O2.HI/c1-22(2)15(12-21-18(19)20-11-13-6-5-7-13)14-8-9-16(23-3)17(10-14)24-4;/h8-10,13,15H,5-7,11-12H2,1-4H3,(H3,19,20,21);1H. The maximum absolute atomic E-state index is 6.00. The monoisotopic (exact) mass is 462 g/mol. The van der Waals surface area contributed by atoms with Crippen LogP contribution in [0.25, 0.3) is 0 Å². The molecule has 0 aliphatic heterocycles. The van der Waals surface area contributed by atoms with Gasteiger partial charge in [-0.1, -0.05) is 12.5 Å². The summed E-state index contributed by atoms with van der Waals surface area (Å²) in [5.74, 6) is 2.73. The van der Waals surface area contributed by atoms with Crippen LogP contribution >= 0.6 is 24.0 Å². The number of benzene rings is 1. The third-order valence-electron chi connectivity index (χ3n) is 4.65. The van der Waals surface area contributed by atoms with Crippen molar-refractivity contribution in [3.8, 4) is 11.5 Å². The van der Waals surface area contributed by atoms with Crippen molar-refractivity contribution in [3.63, 3.8) is 0 Å². The molecule has 0 radical (unpaired) electrons. The van der Waals surface area contributed by atoms with E-state index in [-0.39, 0.29) is 30.0 Å². The third-order valence-corrected chi connectivity index (χ3v) is 4.65. The van der Waals surface area contributed by atoms with Gasteiger partial charge in [0.15, 0.2) is 17.5 Å². The minimum absolute atomic E-state index is 0. The molecule has 142 valence electrons. The quantitative estimate of drug-likeness (QED) is 0.353. The van der Waals surface area contributed by atoms with Gasteiger partial charge >= 0.3 is 0 Å². The van der Waals surface area contributed by atoms with E-state index in [0.29, 0.717) is 12.5 Å². The molecule has 0 aromatic heterocycles. The van der Waals surface area contributed by atoms with Crippen LogP contribution in [0.5, 0.6) is 11.5 Å². The first-order chi connectivity index (χ1) is 11.5. The lowest BCUT2D eigenvalue weighted by molar-refractivity contribution is 0.302. The molecule has 0 amide bonds. The smallest absolute Gasteiger partial charge is 0.188 e.